The summed E-state index contributed by atoms with van der Waals surface area (Å²) in [7, 11) is 2.10. The third-order valence-corrected chi connectivity index (χ3v) is 4.37. The van der Waals surface area contributed by atoms with Gasteiger partial charge in [-0.15, -0.1) is 0 Å². The van der Waals surface area contributed by atoms with Gasteiger partial charge >= 0.3 is 5.97 Å². The summed E-state index contributed by atoms with van der Waals surface area (Å²) in [6.07, 6.45) is 1.53. The van der Waals surface area contributed by atoms with Gasteiger partial charge in [0.1, 0.15) is 0 Å². The van der Waals surface area contributed by atoms with Crippen LogP contribution in [0.5, 0.6) is 0 Å². The summed E-state index contributed by atoms with van der Waals surface area (Å²) >= 11 is 0. The molecule has 0 unspecified atom stereocenters. The zero-order valence-electron chi connectivity index (χ0n) is 11.7. The number of carboxylic acids is 1. The normalized spacial score (nSPS) is 17.6. The lowest BCUT2D eigenvalue weighted by Crippen LogP contribution is -2.36. The Balaban J connectivity index is 1.71. The van der Waals surface area contributed by atoms with Gasteiger partial charge in [-0.05, 0) is 43.5 Å². The fraction of sp³-hybridized carbons (Fsp3) is 0.438. The van der Waals surface area contributed by atoms with E-state index >= 15 is 0 Å². The minimum absolute atomic E-state index is 0.154. The molecule has 1 aromatic carbocycles. The van der Waals surface area contributed by atoms with E-state index in [0.29, 0.717) is 0 Å². The Kier molecular flexibility index (Phi) is 3.49. The molecule has 0 amide bonds. The minimum Gasteiger partial charge on any atom is -0.481 e. The largest absolute Gasteiger partial charge is 0.481 e. The second-order valence-electron chi connectivity index (χ2n) is 5.64. The van der Waals surface area contributed by atoms with Crippen molar-refractivity contribution >= 4 is 16.9 Å². The molecule has 4 nitrogen and oxygen atoms in total. The molecular formula is C16H20N2O2. The Bertz CT molecular complexity index is 624. The lowest BCUT2D eigenvalue weighted by atomic mass is 9.97. The molecule has 3 rings (SSSR count). The van der Waals surface area contributed by atoms with Crippen LogP contribution < -0.4 is 0 Å². The number of aliphatic carboxylic acids is 1. The highest BCUT2D eigenvalue weighted by atomic mass is 16.4. The molecule has 0 saturated carbocycles. The number of rotatable bonds is 3. The van der Waals surface area contributed by atoms with E-state index in [-0.39, 0.29) is 5.92 Å². The van der Waals surface area contributed by atoms with Gasteiger partial charge in [0.2, 0.25) is 0 Å². The molecule has 4 heteroatoms. The van der Waals surface area contributed by atoms with Crippen molar-refractivity contribution in [2.45, 2.75) is 19.4 Å². The fourth-order valence-corrected chi connectivity index (χ4v) is 3.06. The van der Waals surface area contributed by atoms with Crippen LogP contribution in [0.1, 0.15) is 18.5 Å². The van der Waals surface area contributed by atoms with Crippen molar-refractivity contribution in [3.8, 4) is 0 Å². The van der Waals surface area contributed by atoms with E-state index in [1.165, 1.54) is 16.6 Å². The van der Waals surface area contributed by atoms with E-state index in [1.54, 1.807) is 0 Å². The number of carbonyl (C=O) groups is 1. The molecule has 1 N–H and O–H groups in total. The summed E-state index contributed by atoms with van der Waals surface area (Å²) in [4.78, 5) is 13.3. The van der Waals surface area contributed by atoms with Crippen molar-refractivity contribution < 1.29 is 9.90 Å². The Hall–Kier alpha value is -1.81. The summed E-state index contributed by atoms with van der Waals surface area (Å²) in [5.41, 5.74) is 2.54. The lowest BCUT2D eigenvalue weighted by Gasteiger charge is -2.30. The molecule has 1 aromatic heterocycles. The van der Waals surface area contributed by atoms with Gasteiger partial charge in [-0.3, -0.25) is 9.69 Å². The fourth-order valence-electron chi connectivity index (χ4n) is 3.06. The van der Waals surface area contributed by atoms with Gasteiger partial charge < -0.3 is 9.67 Å². The van der Waals surface area contributed by atoms with Gasteiger partial charge in [0.15, 0.2) is 0 Å². The molecular weight excluding hydrogens is 252 g/mol. The van der Waals surface area contributed by atoms with Crippen molar-refractivity contribution in [1.29, 1.82) is 0 Å². The number of para-hydroxylation sites is 1. The summed E-state index contributed by atoms with van der Waals surface area (Å²) in [5, 5.41) is 10.3. The van der Waals surface area contributed by atoms with Crippen LogP contribution in [0, 0.1) is 5.92 Å². The highest BCUT2D eigenvalue weighted by Gasteiger charge is 2.24. The van der Waals surface area contributed by atoms with Gasteiger partial charge in [-0.1, -0.05) is 18.2 Å². The van der Waals surface area contributed by atoms with Crippen molar-refractivity contribution in [2.75, 3.05) is 13.1 Å². The van der Waals surface area contributed by atoms with Crippen LogP contribution in [0.25, 0.3) is 10.9 Å². The molecule has 2 heterocycles. The molecule has 0 radical (unpaired) electrons. The maximum Gasteiger partial charge on any atom is 0.306 e. The van der Waals surface area contributed by atoms with E-state index in [4.69, 9.17) is 5.11 Å². The van der Waals surface area contributed by atoms with E-state index in [0.717, 1.165) is 32.5 Å². The number of aromatic nitrogens is 1. The van der Waals surface area contributed by atoms with Gasteiger partial charge in [-0.25, -0.2) is 0 Å². The Labute approximate surface area is 118 Å². The highest BCUT2D eigenvalue weighted by Crippen LogP contribution is 2.22. The van der Waals surface area contributed by atoms with Crippen molar-refractivity contribution in [2.24, 2.45) is 13.0 Å². The zero-order chi connectivity index (χ0) is 14.1. The summed E-state index contributed by atoms with van der Waals surface area (Å²) in [6, 6.07) is 10.6. The number of carboxylic acid groups (broad SMARTS) is 1. The zero-order valence-corrected chi connectivity index (χ0v) is 11.7. The summed E-state index contributed by atoms with van der Waals surface area (Å²) in [5.74, 6) is -0.798. The molecule has 0 atom stereocenters. The molecule has 0 aliphatic carbocycles. The first-order valence-electron chi connectivity index (χ1n) is 7.13. The van der Waals surface area contributed by atoms with E-state index < -0.39 is 5.97 Å². The monoisotopic (exact) mass is 272 g/mol. The van der Waals surface area contributed by atoms with Crippen LogP contribution in [0.3, 0.4) is 0 Å². The number of hydrogen-bond donors (Lipinski definition) is 1. The molecule has 106 valence electrons. The molecule has 2 aromatic rings. The van der Waals surface area contributed by atoms with Crippen molar-refractivity contribution in [3.05, 3.63) is 36.0 Å². The molecule has 1 aliphatic heterocycles. The molecule has 1 saturated heterocycles. The first kappa shape index (κ1) is 13.2. The molecule has 20 heavy (non-hydrogen) atoms. The first-order valence-corrected chi connectivity index (χ1v) is 7.13. The van der Waals surface area contributed by atoms with Gasteiger partial charge in [-0.2, -0.15) is 0 Å². The second-order valence-corrected chi connectivity index (χ2v) is 5.64. The Morgan fingerprint density at radius 1 is 1.30 bits per heavy atom. The van der Waals surface area contributed by atoms with Crippen molar-refractivity contribution in [1.82, 2.24) is 9.47 Å². The minimum atomic E-state index is -0.644. The first-order chi connectivity index (χ1) is 9.65. The van der Waals surface area contributed by atoms with Crippen LogP contribution in [0.2, 0.25) is 0 Å². The Morgan fingerprint density at radius 3 is 2.65 bits per heavy atom. The molecule has 0 spiro atoms. The quantitative estimate of drug-likeness (QED) is 0.933. The maximum absolute atomic E-state index is 11.0. The number of nitrogens with zero attached hydrogens (tertiary/aromatic N) is 2. The average Bonchev–Trinajstić information content (AvgIpc) is 2.77. The lowest BCUT2D eigenvalue weighted by molar-refractivity contribution is -0.143. The van der Waals surface area contributed by atoms with E-state index in [9.17, 15) is 4.79 Å². The summed E-state index contributed by atoms with van der Waals surface area (Å²) < 4.78 is 2.23. The van der Waals surface area contributed by atoms with E-state index in [2.05, 4.69) is 46.8 Å². The van der Waals surface area contributed by atoms with Gasteiger partial charge in [0.05, 0.1) is 5.92 Å². The number of hydrogen-bond acceptors (Lipinski definition) is 2. The second kappa shape index (κ2) is 5.29. The van der Waals surface area contributed by atoms with E-state index in [1.807, 2.05) is 0 Å². The maximum atomic E-state index is 11.0. The highest BCUT2D eigenvalue weighted by molar-refractivity contribution is 5.81. The molecule has 1 aliphatic rings. The van der Waals surface area contributed by atoms with Crippen molar-refractivity contribution in [3.63, 3.8) is 0 Å². The van der Waals surface area contributed by atoms with Crippen LogP contribution in [-0.4, -0.2) is 33.6 Å². The standard InChI is InChI=1S/C16H20N2O2/c1-17-14(10-13-4-2-3-5-15(13)17)11-18-8-6-12(7-9-18)16(19)20/h2-5,10,12H,6-9,11H2,1H3,(H,19,20). The number of piperidine rings is 1. The van der Waals surface area contributed by atoms with Crippen LogP contribution >= 0.6 is 0 Å². The van der Waals surface area contributed by atoms with Crippen LogP contribution in [0.15, 0.2) is 30.3 Å². The molecule has 0 bridgehead atoms. The topological polar surface area (TPSA) is 45.5 Å². The Morgan fingerprint density at radius 2 is 2.00 bits per heavy atom. The van der Waals surface area contributed by atoms with Crippen LogP contribution in [0.4, 0.5) is 0 Å². The number of likely N-dealkylation sites (tertiary alicyclic amines) is 1. The third kappa shape index (κ3) is 2.43. The number of benzene rings is 1. The smallest absolute Gasteiger partial charge is 0.306 e. The predicted octanol–water partition coefficient (Wildman–Crippen LogP) is 2.47. The number of aryl methyl sites for hydroxylation is 1. The average molecular weight is 272 g/mol. The molecule has 1 fully saturated rings. The van der Waals surface area contributed by atoms with Gasteiger partial charge in [0, 0.05) is 24.8 Å². The van der Waals surface area contributed by atoms with Gasteiger partial charge in [0.25, 0.3) is 0 Å². The number of fused-ring (bicyclic) bond motifs is 1. The SMILES string of the molecule is Cn1c(CN2CCC(C(=O)O)CC2)cc2ccccc21. The third-order valence-electron chi connectivity index (χ3n) is 4.37. The van der Waals surface area contributed by atoms with Crippen LogP contribution in [-0.2, 0) is 18.4 Å². The summed E-state index contributed by atoms with van der Waals surface area (Å²) in [6.45, 7) is 2.65. The predicted molar refractivity (Wildman–Crippen MR) is 78.6 cm³/mol.